The van der Waals surface area contributed by atoms with Crippen molar-refractivity contribution in [3.05, 3.63) is 59.9 Å². The highest BCUT2D eigenvalue weighted by Crippen LogP contribution is 2.16. The van der Waals surface area contributed by atoms with Crippen LogP contribution in [0.25, 0.3) is 5.69 Å². The van der Waals surface area contributed by atoms with E-state index in [1.807, 2.05) is 19.2 Å². The van der Waals surface area contributed by atoms with Crippen molar-refractivity contribution in [1.82, 2.24) is 24.3 Å². The van der Waals surface area contributed by atoms with Gasteiger partial charge in [-0.1, -0.05) is 26.0 Å². The van der Waals surface area contributed by atoms with E-state index in [0.717, 1.165) is 30.4 Å². The molecule has 6 heteroatoms. The van der Waals surface area contributed by atoms with Crippen LogP contribution in [0.15, 0.2) is 36.7 Å². The van der Waals surface area contributed by atoms with E-state index in [4.69, 9.17) is 0 Å². The molecule has 0 fully saturated rings. The first kappa shape index (κ1) is 16.4. The van der Waals surface area contributed by atoms with Crippen molar-refractivity contribution < 1.29 is 4.39 Å². The number of hydrogen-bond acceptors (Lipinski definition) is 3. The number of aromatic nitrogens is 5. The van der Waals surface area contributed by atoms with Gasteiger partial charge in [0.25, 0.3) is 0 Å². The molecule has 24 heavy (non-hydrogen) atoms. The van der Waals surface area contributed by atoms with E-state index >= 15 is 0 Å². The zero-order valence-corrected chi connectivity index (χ0v) is 14.3. The zero-order chi connectivity index (χ0) is 17.1. The Morgan fingerprint density at radius 2 is 2.00 bits per heavy atom. The SMILES string of the molecule is Cc1nccn1CCc1nc(CC(C)C)nn1-c1ccccc1F. The van der Waals surface area contributed by atoms with Crippen molar-refractivity contribution in [3.63, 3.8) is 0 Å². The van der Waals surface area contributed by atoms with Gasteiger partial charge in [0.2, 0.25) is 0 Å². The summed E-state index contributed by atoms with van der Waals surface area (Å²) in [6, 6.07) is 6.67. The molecule has 1 aromatic carbocycles. The van der Waals surface area contributed by atoms with Gasteiger partial charge in [0.1, 0.15) is 23.2 Å². The highest BCUT2D eigenvalue weighted by Gasteiger charge is 2.15. The normalized spacial score (nSPS) is 11.4. The van der Waals surface area contributed by atoms with Crippen LogP contribution < -0.4 is 0 Å². The lowest BCUT2D eigenvalue weighted by Gasteiger charge is -2.08. The van der Waals surface area contributed by atoms with Gasteiger partial charge in [-0.3, -0.25) is 0 Å². The molecule has 3 aromatic rings. The van der Waals surface area contributed by atoms with Crippen LogP contribution in [0.3, 0.4) is 0 Å². The predicted octanol–water partition coefficient (Wildman–Crippen LogP) is 3.35. The monoisotopic (exact) mass is 327 g/mol. The summed E-state index contributed by atoms with van der Waals surface area (Å²) in [7, 11) is 0. The molecule has 3 rings (SSSR count). The van der Waals surface area contributed by atoms with Gasteiger partial charge in [-0.05, 0) is 25.0 Å². The quantitative estimate of drug-likeness (QED) is 0.697. The summed E-state index contributed by atoms with van der Waals surface area (Å²) in [6.45, 7) is 6.95. The second-order valence-corrected chi connectivity index (χ2v) is 6.32. The van der Waals surface area contributed by atoms with Crippen molar-refractivity contribution in [3.8, 4) is 5.69 Å². The van der Waals surface area contributed by atoms with Crippen molar-refractivity contribution >= 4 is 0 Å². The van der Waals surface area contributed by atoms with Gasteiger partial charge >= 0.3 is 0 Å². The predicted molar refractivity (Wildman–Crippen MR) is 90.5 cm³/mol. The number of aryl methyl sites for hydroxylation is 3. The summed E-state index contributed by atoms with van der Waals surface area (Å²) in [5.74, 6) is 2.63. The second-order valence-electron chi connectivity index (χ2n) is 6.32. The van der Waals surface area contributed by atoms with Crippen LogP contribution in [0, 0.1) is 18.7 Å². The molecule has 2 heterocycles. The molecule has 0 bridgehead atoms. The third-order valence-electron chi connectivity index (χ3n) is 3.89. The first-order valence-electron chi connectivity index (χ1n) is 8.22. The van der Waals surface area contributed by atoms with E-state index in [9.17, 15) is 4.39 Å². The molecule has 0 aliphatic heterocycles. The fourth-order valence-electron chi connectivity index (χ4n) is 2.68. The molecule has 0 saturated heterocycles. The lowest BCUT2D eigenvalue weighted by Crippen LogP contribution is -2.09. The Balaban J connectivity index is 1.92. The molecule has 126 valence electrons. The molecular weight excluding hydrogens is 305 g/mol. The Kier molecular flexibility index (Phi) is 4.74. The molecule has 2 aromatic heterocycles. The molecule has 0 aliphatic rings. The maximum absolute atomic E-state index is 14.2. The minimum Gasteiger partial charge on any atom is -0.335 e. The minimum atomic E-state index is -0.293. The van der Waals surface area contributed by atoms with Crippen LogP contribution in [-0.2, 0) is 19.4 Å². The average molecular weight is 327 g/mol. The van der Waals surface area contributed by atoms with E-state index in [1.165, 1.54) is 6.07 Å². The lowest BCUT2D eigenvalue weighted by molar-refractivity contribution is 0.591. The topological polar surface area (TPSA) is 48.5 Å². The number of para-hydroxylation sites is 1. The van der Waals surface area contributed by atoms with E-state index in [-0.39, 0.29) is 5.82 Å². The van der Waals surface area contributed by atoms with Crippen LogP contribution >= 0.6 is 0 Å². The van der Waals surface area contributed by atoms with Gasteiger partial charge in [0, 0.05) is 31.8 Å². The van der Waals surface area contributed by atoms with Gasteiger partial charge in [-0.2, -0.15) is 5.10 Å². The maximum Gasteiger partial charge on any atom is 0.151 e. The fraction of sp³-hybridized carbons (Fsp3) is 0.389. The molecule has 0 amide bonds. The molecule has 0 atom stereocenters. The Bertz CT molecular complexity index is 818. The van der Waals surface area contributed by atoms with Gasteiger partial charge in [-0.25, -0.2) is 19.0 Å². The number of benzene rings is 1. The van der Waals surface area contributed by atoms with Crippen molar-refractivity contribution in [2.24, 2.45) is 5.92 Å². The molecule has 0 unspecified atom stereocenters. The van der Waals surface area contributed by atoms with Crippen molar-refractivity contribution in [2.45, 2.75) is 40.2 Å². The number of nitrogens with zero attached hydrogens (tertiary/aromatic N) is 5. The number of hydrogen-bond donors (Lipinski definition) is 0. The standard InChI is InChI=1S/C18H22FN5/c1-13(2)12-17-21-18(8-10-23-11-9-20-14(23)3)24(22-17)16-7-5-4-6-15(16)19/h4-7,9,11,13H,8,10,12H2,1-3H3. The third kappa shape index (κ3) is 3.53. The first-order valence-corrected chi connectivity index (χ1v) is 8.22. The van der Waals surface area contributed by atoms with Crippen LogP contribution in [0.4, 0.5) is 4.39 Å². The number of halogens is 1. The van der Waals surface area contributed by atoms with Gasteiger partial charge in [-0.15, -0.1) is 0 Å². The number of imidazole rings is 1. The van der Waals surface area contributed by atoms with E-state index in [0.29, 0.717) is 18.0 Å². The van der Waals surface area contributed by atoms with Gasteiger partial charge < -0.3 is 4.57 Å². The van der Waals surface area contributed by atoms with Crippen molar-refractivity contribution in [2.75, 3.05) is 0 Å². The zero-order valence-electron chi connectivity index (χ0n) is 14.3. The van der Waals surface area contributed by atoms with Crippen LogP contribution in [-0.4, -0.2) is 24.3 Å². The second kappa shape index (κ2) is 6.95. The largest absolute Gasteiger partial charge is 0.335 e. The Labute approximate surface area is 141 Å². The van der Waals surface area contributed by atoms with Gasteiger partial charge in [0.15, 0.2) is 5.82 Å². The summed E-state index contributed by atoms with van der Waals surface area (Å²) in [5.41, 5.74) is 0.442. The molecule has 5 nitrogen and oxygen atoms in total. The minimum absolute atomic E-state index is 0.293. The van der Waals surface area contributed by atoms with E-state index < -0.39 is 0 Å². The highest BCUT2D eigenvalue weighted by atomic mass is 19.1. The number of rotatable bonds is 6. The van der Waals surface area contributed by atoms with Crippen LogP contribution in [0.5, 0.6) is 0 Å². The van der Waals surface area contributed by atoms with Crippen molar-refractivity contribution in [1.29, 1.82) is 0 Å². The van der Waals surface area contributed by atoms with E-state index in [1.54, 1.807) is 23.0 Å². The fourth-order valence-corrected chi connectivity index (χ4v) is 2.68. The molecule has 0 N–H and O–H groups in total. The summed E-state index contributed by atoms with van der Waals surface area (Å²) in [6.07, 6.45) is 5.16. The summed E-state index contributed by atoms with van der Waals surface area (Å²) in [5, 5.41) is 4.54. The van der Waals surface area contributed by atoms with E-state index in [2.05, 4.69) is 33.5 Å². The summed E-state index contributed by atoms with van der Waals surface area (Å²) in [4.78, 5) is 8.88. The highest BCUT2D eigenvalue weighted by molar-refractivity contribution is 5.33. The molecule has 0 aliphatic carbocycles. The molecular formula is C18H22FN5. The maximum atomic E-state index is 14.2. The smallest absolute Gasteiger partial charge is 0.151 e. The molecule has 0 radical (unpaired) electrons. The van der Waals surface area contributed by atoms with Crippen LogP contribution in [0.1, 0.15) is 31.3 Å². The molecule has 0 saturated carbocycles. The lowest BCUT2D eigenvalue weighted by atomic mass is 10.1. The molecule has 0 spiro atoms. The average Bonchev–Trinajstić information content (AvgIpc) is 3.11. The summed E-state index contributed by atoms with van der Waals surface area (Å²) < 4.78 is 17.9. The van der Waals surface area contributed by atoms with Gasteiger partial charge in [0.05, 0.1) is 0 Å². The Morgan fingerprint density at radius 3 is 2.67 bits per heavy atom. The third-order valence-corrected chi connectivity index (χ3v) is 3.89. The first-order chi connectivity index (χ1) is 11.5. The van der Waals surface area contributed by atoms with Crippen LogP contribution in [0.2, 0.25) is 0 Å². The Hall–Kier alpha value is -2.50. The Morgan fingerprint density at radius 1 is 1.21 bits per heavy atom. The summed E-state index contributed by atoms with van der Waals surface area (Å²) >= 11 is 0.